The first-order chi connectivity index (χ1) is 13.5. The third-order valence-electron chi connectivity index (χ3n) is 3.64. The first-order valence-electron chi connectivity index (χ1n) is 8.18. The number of halogens is 2. The minimum atomic E-state index is -0.473. The summed E-state index contributed by atoms with van der Waals surface area (Å²) in [7, 11) is 0. The fraction of sp³-hybridized carbons (Fsp3) is 0. The minimum Gasteiger partial charge on any atom is -0.423 e. The van der Waals surface area contributed by atoms with Crippen molar-refractivity contribution in [2.45, 2.75) is 0 Å². The molecule has 140 valence electrons. The molecule has 0 spiro atoms. The van der Waals surface area contributed by atoms with Crippen molar-refractivity contribution in [3.05, 3.63) is 99.0 Å². The second-order valence-electron chi connectivity index (χ2n) is 5.67. The first-order valence-corrected chi connectivity index (χ1v) is 9.35. The number of ether oxygens (including phenoxy) is 1. The van der Waals surface area contributed by atoms with E-state index < -0.39 is 5.97 Å². The van der Waals surface area contributed by atoms with Crippen molar-refractivity contribution in [3.8, 4) is 5.75 Å². The quantitative estimate of drug-likeness (QED) is 0.251. The van der Waals surface area contributed by atoms with Gasteiger partial charge < -0.3 is 4.74 Å². The molecule has 5 nitrogen and oxygen atoms in total. The molecule has 28 heavy (non-hydrogen) atoms. The number of hydrazone groups is 1. The number of hydrogen-bond donors (Lipinski definition) is 1. The smallest absolute Gasteiger partial charge is 0.343 e. The molecule has 0 saturated carbocycles. The molecule has 1 N–H and O–H groups in total. The van der Waals surface area contributed by atoms with Gasteiger partial charge in [0.2, 0.25) is 0 Å². The van der Waals surface area contributed by atoms with Gasteiger partial charge in [-0.25, -0.2) is 10.2 Å². The predicted molar refractivity (Wildman–Crippen MR) is 112 cm³/mol. The van der Waals surface area contributed by atoms with Crippen LogP contribution in [0.25, 0.3) is 0 Å². The fourth-order valence-electron chi connectivity index (χ4n) is 2.23. The van der Waals surface area contributed by atoms with E-state index in [2.05, 4.69) is 26.5 Å². The van der Waals surface area contributed by atoms with Gasteiger partial charge in [0.15, 0.2) is 0 Å². The molecule has 0 aliphatic heterocycles. The maximum Gasteiger partial charge on any atom is 0.343 e. The van der Waals surface area contributed by atoms with E-state index in [-0.39, 0.29) is 5.91 Å². The van der Waals surface area contributed by atoms with Crippen LogP contribution >= 0.6 is 27.5 Å². The van der Waals surface area contributed by atoms with Crippen molar-refractivity contribution in [2.24, 2.45) is 5.10 Å². The minimum absolute atomic E-state index is 0.314. The Morgan fingerprint density at radius 2 is 1.68 bits per heavy atom. The summed E-state index contributed by atoms with van der Waals surface area (Å²) in [4.78, 5) is 24.1. The van der Waals surface area contributed by atoms with E-state index in [0.717, 1.165) is 10.0 Å². The molecule has 0 aliphatic carbocycles. The summed E-state index contributed by atoms with van der Waals surface area (Å²) in [6.07, 6.45) is 1.50. The second kappa shape index (κ2) is 9.30. The Kier molecular flexibility index (Phi) is 6.57. The van der Waals surface area contributed by atoms with Crippen LogP contribution in [0.5, 0.6) is 5.75 Å². The largest absolute Gasteiger partial charge is 0.423 e. The monoisotopic (exact) mass is 456 g/mol. The number of esters is 1. The van der Waals surface area contributed by atoms with Crippen molar-refractivity contribution < 1.29 is 14.3 Å². The highest BCUT2D eigenvalue weighted by atomic mass is 79.9. The standard InChI is InChI=1S/C21H14BrClN2O3/c22-17-3-1-2-16(12-17)20(26)25-24-13-14-4-10-19(11-5-14)28-21(27)15-6-8-18(23)9-7-15/h1-13H,(H,25,26)/b24-13-. The van der Waals surface area contributed by atoms with Gasteiger partial charge in [0.05, 0.1) is 11.8 Å². The van der Waals surface area contributed by atoms with Gasteiger partial charge in [-0.15, -0.1) is 0 Å². The molecule has 0 bridgehead atoms. The number of benzene rings is 3. The Bertz CT molecular complexity index is 1020. The van der Waals surface area contributed by atoms with Gasteiger partial charge >= 0.3 is 5.97 Å². The predicted octanol–water partition coefficient (Wildman–Crippen LogP) is 5.09. The van der Waals surface area contributed by atoms with Crippen molar-refractivity contribution >= 4 is 45.6 Å². The topological polar surface area (TPSA) is 67.8 Å². The number of hydrogen-bond acceptors (Lipinski definition) is 4. The SMILES string of the molecule is O=C(N/N=C\c1ccc(OC(=O)c2ccc(Cl)cc2)cc1)c1cccc(Br)c1. The van der Waals surface area contributed by atoms with Gasteiger partial charge in [-0.1, -0.05) is 33.6 Å². The summed E-state index contributed by atoms with van der Waals surface area (Å²) in [6.45, 7) is 0. The van der Waals surface area contributed by atoms with Crippen LogP contribution in [0.15, 0.2) is 82.4 Å². The van der Waals surface area contributed by atoms with Crippen LogP contribution in [-0.4, -0.2) is 18.1 Å². The van der Waals surface area contributed by atoms with E-state index in [1.165, 1.54) is 6.21 Å². The lowest BCUT2D eigenvalue weighted by Gasteiger charge is -2.05. The Labute approximate surface area is 175 Å². The van der Waals surface area contributed by atoms with Gasteiger partial charge in [0, 0.05) is 15.1 Å². The van der Waals surface area contributed by atoms with Crippen LogP contribution in [0.4, 0.5) is 0 Å². The Morgan fingerprint density at radius 1 is 0.964 bits per heavy atom. The van der Waals surface area contributed by atoms with E-state index in [0.29, 0.717) is 21.9 Å². The number of carbonyl (C=O) groups is 2. The van der Waals surface area contributed by atoms with Gasteiger partial charge in [-0.3, -0.25) is 4.79 Å². The van der Waals surface area contributed by atoms with Crippen LogP contribution in [0.2, 0.25) is 5.02 Å². The molecule has 0 saturated heterocycles. The average Bonchev–Trinajstić information content (AvgIpc) is 2.69. The number of carbonyl (C=O) groups excluding carboxylic acids is 2. The van der Waals surface area contributed by atoms with E-state index in [4.69, 9.17) is 16.3 Å². The van der Waals surface area contributed by atoms with E-state index in [1.807, 2.05) is 6.07 Å². The lowest BCUT2D eigenvalue weighted by Crippen LogP contribution is -2.17. The molecule has 3 aromatic rings. The lowest BCUT2D eigenvalue weighted by molar-refractivity contribution is 0.0734. The third-order valence-corrected chi connectivity index (χ3v) is 4.38. The van der Waals surface area contributed by atoms with Crippen molar-refractivity contribution in [2.75, 3.05) is 0 Å². The molecule has 7 heteroatoms. The number of rotatable bonds is 5. The zero-order valence-electron chi connectivity index (χ0n) is 14.4. The lowest BCUT2D eigenvalue weighted by atomic mass is 10.2. The Hall–Kier alpha value is -2.96. The molecule has 1 amide bonds. The third kappa shape index (κ3) is 5.52. The van der Waals surface area contributed by atoms with Gasteiger partial charge in [0.1, 0.15) is 5.75 Å². The molecule has 3 aromatic carbocycles. The van der Waals surface area contributed by atoms with Gasteiger partial charge in [-0.2, -0.15) is 5.10 Å². The molecular weight excluding hydrogens is 444 g/mol. The first kappa shape index (κ1) is 19.8. The molecular formula is C21H14BrClN2O3. The van der Waals surface area contributed by atoms with Crippen LogP contribution in [-0.2, 0) is 0 Å². The van der Waals surface area contributed by atoms with Crippen LogP contribution < -0.4 is 10.2 Å². The average molecular weight is 458 g/mol. The van der Waals surface area contributed by atoms with E-state index in [1.54, 1.807) is 66.7 Å². The van der Waals surface area contributed by atoms with Crippen LogP contribution in [0.1, 0.15) is 26.3 Å². The number of nitrogens with zero attached hydrogens (tertiary/aromatic N) is 1. The summed E-state index contributed by atoms with van der Waals surface area (Å²) in [6, 6.07) is 20.2. The molecule has 0 radical (unpaired) electrons. The number of amides is 1. The van der Waals surface area contributed by atoms with Crippen molar-refractivity contribution in [3.63, 3.8) is 0 Å². The molecule has 0 unspecified atom stereocenters. The summed E-state index contributed by atoms with van der Waals surface area (Å²) in [5, 5.41) is 4.48. The van der Waals surface area contributed by atoms with E-state index >= 15 is 0 Å². The fourth-order valence-corrected chi connectivity index (χ4v) is 2.76. The highest BCUT2D eigenvalue weighted by Gasteiger charge is 2.08. The molecule has 0 aromatic heterocycles. The summed E-state index contributed by atoms with van der Waals surface area (Å²) < 4.78 is 6.12. The zero-order chi connectivity index (χ0) is 19.9. The highest BCUT2D eigenvalue weighted by Crippen LogP contribution is 2.15. The maximum absolute atomic E-state index is 12.1. The van der Waals surface area contributed by atoms with Crippen LogP contribution in [0.3, 0.4) is 0 Å². The number of nitrogens with one attached hydrogen (secondary N) is 1. The van der Waals surface area contributed by atoms with Crippen LogP contribution in [0, 0.1) is 0 Å². The van der Waals surface area contributed by atoms with Crippen molar-refractivity contribution in [1.82, 2.24) is 5.43 Å². The second-order valence-corrected chi connectivity index (χ2v) is 7.03. The Morgan fingerprint density at radius 3 is 2.36 bits per heavy atom. The van der Waals surface area contributed by atoms with Gasteiger partial charge in [-0.05, 0) is 72.3 Å². The maximum atomic E-state index is 12.1. The summed E-state index contributed by atoms with van der Waals surface area (Å²) in [5.74, 6) is -0.388. The van der Waals surface area contributed by atoms with E-state index in [9.17, 15) is 9.59 Å². The summed E-state index contributed by atoms with van der Waals surface area (Å²) in [5.41, 5.74) is 4.10. The molecule has 0 heterocycles. The summed E-state index contributed by atoms with van der Waals surface area (Å²) >= 11 is 9.12. The highest BCUT2D eigenvalue weighted by molar-refractivity contribution is 9.10. The molecule has 0 fully saturated rings. The molecule has 0 atom stereocenters. The van der Waals surface area contributed by atoms with Gasteiger partial charge in [0.25, 0.3) is 5.91 Å². The molecule has 0 aliphatic rings. The molecule has 3 rings (SSSR count). The Balaban J connectivity index is 1.56. The zero-order valence-corrected chi connectivity index (χ0v) is 16.8. The normalized spacial score (nSPS) is 10.6. The van der Waals surface area contributed by atoms with Crippen molar-refractivity contribution in [1.29, 1.82) is 0 Å².